The summed E-state index contributed by atoms with van der Waals surface area (Å²) in [7, 11) is 0. The average Bonchev–Trinajstić information content (AvgIpc) is 2.49. The molecule has 24 heavy (non-hydrogen) atoms. The molecule has 2 rings (SSSR count). The van der Waals surface area contributed by atoms with E-state index < -0.39 is 16.7 Å². The van der Waals surface area contributed by atoms with Crippen LogP contribution >= 0.6 is 15.9 Å². The van der Waals surface area contributed by atoms with E-state index in [1.165, 1.54) is 18.2 Å². The summed E-state index contributed by atoms with van der Waals surface area (Å²) in [5.74, 6) is 0.449. The molecular weight excluding hydrogens is 391 g/mol. The zero-order chi connectivity index (χ0) is 17.9. The molecule has 0 heterocycles. The van der Waals surface area contributed by atoms with Crippen molar-refractivity contribution < 1.29 is 22.8 Å². The van der Waals surface area contributed by atoms with Gasteiger partial charge in [0.25, 0.3) is 5.69 Å². The highest BCUT2D eigenvalue weighted by atomic mass is 79.9. The lowest BCUT2D eigenvalue weighted by molar-refractivity contribution is -0.385. The Balaban J connectivity index is 1.99. The summed E-state index contributed by atoms with van der Waals surface area (Å²) in [4.78, 5) is 10.4. The lowest BCUT2D eigenvalue weighted by atomic mass is 10.1. The Hall–Kier alpha value is -2.09. The van der Waals surface area contributed by atoms with E-state index in [1.807, 2.05) is 0 Å². The van der Waals surface area contributed by atoms with Crippen molar-refractivity contribution in [1.82, 2.24) is 0 Å². The number of rotatable bonds is 5. The molecule has 0 aliphatic heterocycles. The van der Waals surface area contributed by atoms with Crippen LogP contribution in [0, 0.1) is 17.0 Å². The first-order valence-electron chi connectivity index (χ1n) is 6.92. The Kier molecular flexibility index (Phi) is 5.48. The Morgan fingerprint density at radius 3 is 2.38 bits per heavy atom. The molecule has 0 N–H and O–H groups in total. The van der Waals surface area contributed by atoms with Crippen molar-refractivity contribution in [3.8, 4) is 5.75 Å². The van der Waals surface area contributed by atoms with E-state index in [9.17, 15) is 23.3 Å². The number of nitro groups is 1. The van der Waals surface area contributed by atoms with Gasteiger partial charge >= 0.3 is 6.18 Å². The number of ether oxygens (including phenoxy) is 1. The molecule has 0 saturated carbocycles. The van der Waals surface area contributed by atoms with E-state index in [0.717, 1.165) is 12.1 Å². The molecule has 0 aliphatic carbocycles. The molecule has 0 atom stereocenters. The van der Waals surface area contributed by atoms with Crippen molar-refractivity contribution in [2.75, 3.05) is 6.61 Å². The summed E-state index contributed by atoms with van der Waals surface area (Å²) < 4.78 is 43.5. The van der Waals surface area contributed by atoms with E-state index in [-0.39, 0.29) is 12.3 Å². The maximum atomic E-state index is 12.5. The number of halogens is 4. The summed E-state index contributed by atoms with van der Waals surface area (Å²) in [5.41, 5.74) is 0.461. The number of nitrogens with zero attached hydrogens (tertiary/aromatic N) is 1. The van der Waals surface area contributed by atoms with Gasteiger partial charge in [0.05, 0.1) is 21.6 Å². The molecule has 0 aliphatic rings. The van der Waals surface area contributed by atoms with Crippen molar-refractivity contribution in [2.24, 2.45) is 0 Å². The van der Waals surface area contributed by atoms with Crippen LogP contribution in [0.5, 0.6) is 5.75 Å². The number of hydrogen-bond donors (Lipinski definition) is 0. The van der Waals surface area contributed by atoms with E-state index >= 15 is 0 Å². The van der Waals surface area contributed by atoms with Crippen molar-refractivity contribution in [2.45, 2.75) is 19.5 Å². The molecule has 0 spiro atoms. The molecule has 2 aromatic carbocycles. The first-order valence-corrected chi connectivity index (χ1v) is 7.71. The lowest BCUT2D eigenvalue weighted by Gasteiger charge is -2.10. The molecule has 0 saturated heterocycles. The Bertz CT molecular complexity index is 745. The van der Waals surface area contributed by atoms with Gasteiger partial charge in [-0.3, -0.25) is 10.1 Å². The number of nitro benzene ring substituents is 1. The number of aryl methyl sites for hydroxylation is 1. The van der Waals surface area contributed by atoms with Crippen LogP contribution in [-0.2, 0) is 12.6 Å². The number of benzene rings is 2. The third kappa shape index (κ3) is 4.47. The Labute approximate surface area is 144 Å². The van der Waals surface area contributed by atoms with E-state index in [4.69, 9.17) is 4.74 Å². The molecule has 0 unspecified atom stereocenters. The van der Waals surface area contributed by atoms with Gasteiger partial charge in [0, 0.05) is 18.1 Å². The van der Waals surface area contributed by atoms with E-state index in [0.29, 0.717) is 27.8 Å². The van der Waals surface area contributed by atoms with Crippen molar-refractivity contribution in [3.63, 3.8) is 0 Å². The molecule has 4 nitrogen and oxygen atoms in total. The molecule has 128 valence electrons. The van der Waals surface area contributed by atoms with Crippen LogP contribution in [-0.4, -0.2) is 11.5 Å². The Morgan fingerprint density at radius 1 is 1.21 bits per heavy atom. The smallest absolute Gasteiger partial charge is 0.416 e. The average molecular weight is 404 g/mol. The molecule has 8 heteroatoms. The minimum absolute atomic E-state index is 0.0167. The van der Waals surface area contributed by atoms with Crippen molar-refractivity contribution >= 4 is 21.6 Å². The van der Waals surface area contributed by atoms with Crippen LogP contribution in [0.3, 0.4) is 0 Å². The number of hydrogen-bond acceptors (Lipinski definition) is 3. The summed E-state index contributed by atoms with van der Waals surface area (Å²) in [6.07, 6.45) is -3.93. The van der Waals surface area contributed by atoms with Crippen LogP contribution in [0.4, 0.5) is 18.9 Å². The number of alkyl halides is 3. The molecule has 0 fully saturated rings. The summed E-state index contributed by atoms with van der Waals surface area (Å²) in [5, 5.41) is 10.8. The second kappa shape index (κ2) is 7.21. The van der Waals surface area contributed by atoms with Crippen LogP contribution < -0.4 is 4.74 Å². The minimum Gasteiger partial charge on any atom is -0.492 e. The quantitative estimate of drug-likeness (QED) is 0.502. The second-order valence-corrected chi connectivity index (χ2v) is 5.97. The molecular formula is C16H13BrF3NO3. The topological polar surface area (TPSA) is 52.4 Å². The highest BCUT2D eigenvalue weighted by Gasteiger charge is 2.29. The molecule has 2 aromatic rings. The van der Waals surface area contributed by atoms with Gasteiger partial charge in [-0.05, 0) is 46.6 Å². The highest BCUT2D eigenvalue weighted by molar-refractivity contribution is 9.10. The molecule has 0 bridgehead atoms. The zero-order valence-electron chi connectivity index (χ0n) is 12.6. The normalized spacial score (nSPS) is 11.4. The van der Waals surface area contributed by atoms with Crippen LogP contribution in [0.25, 0.3) is 0 Å². The third-order valence-electron chi connectivity index (χ3n) is 3.38. The van der Waals surface area contributed by atoms with E-state index in [1.54, 1.807) is 13.0 Å². The molecule has 0 amide bonds. The van der Waals surface area contributed by atoms with Crippen molar-refractivity contribution in [3.05, 3.63) is 67.7 Å². The maximum absolute atomic E-state index is 12.5. The summed E-state index contributed by atoms with van der Waals surface area (Å²) in [6, 6.07) is 7.78. The largest absolute Gasteiger partial charge is 0.492 e. The van der Waals surface area contributed by atoms with Gasteiger partial charge in [0.1, 0.15) is 5.75 Å². The molecule has 0 aromatic heterocycles. The van der Waals surface area contributed by atoms with Crippen molar-refractivity contribution in [1.29, 1.82) is 0 Å². The fraction of sp³-hybridized carbons (Fsp3) is 0.250. The van der Waals surface area contributed by atoms with Gasteiger partial charge in [-0.15, -0.1) is 0 Å². The predicted octanol–water partition coefficient (Wildman–Crippen LogP) is 5.31. The third-order valence-corrected chi connectivity index (χ3v) is 4.00. The van der Waals surface area contributed by atoms with Gasteiger partial charge in [-0.25, -0.2) is 0 Å². The van der Waals surface area contributed by atoms with Gasteiger partial charge < -0.3 is 4.74 Å². The van der Waals surface area contributed by atoms with Gasteiger partial charge in [0.2, 0.25) is 0 Å². The van der Waals surface area contributed by atoms with Gasteiger partial charge in [-0.1, -0.05) is 12.1 Å². The van der Waals surface area contributed by atoms with Crippen LogP contribution in [0.15, 0.2) is 40.9 Å². The summed E-state index contributed by atoms with van der Waals surface area (Å²) >= 11 is 3.21. The first-order chi connectivity index (χ1) is 11.2. The fourth-order valence-corrected chi connectivity index (χ4v) is 2.54. The maximum Gasteiger partial charge on any atom is 0.416 e. The highest BCUT2D eigenvalue weighted by Crippen LogP contribution is 2.32. The van der Waals surface area contributed by atoms with Gasteiger partial charge in [0.15, 0.2) is 0 Å². The van der Waals surface area contributed by atoms with E-state index in [2.05, 4.69) is 15.9 Å². The standard InChI is InChI=1S/C16H13BrF3NO3/c1-10-8-15(13(17)9-14(10)21(22)23)24-7-6-11-2-4-12(5-3-11)16(18,19)20/h2-5,8-9H,6-7H2,1H3. The minimum atomic E-state index is -4.35. The van der Waals surface area contributed by atoms with Gasteiger partial charge in [-0.2, -0.15) is 13.2 Å². The second-order valence-electron chi connectivity index (χ2n) is 5.12. The zero-order valence-corrected chi connectivity index (χ0v) is 14.1. The van der Waals surface area contributed by atoms with Crippen LogP contribution in [0.1, 0.15) is 16.7 Å². The van der Waals surface area contributed by atoms with Crippen LogP contribution in [0.2, 0.25) is 0 Å². The first kappa shape index (κ1) is 18.3. The monoisotopic (exact) mass is 403 g/mol. The Morgan fingerprint density at radius 2 is 1.83 bits per heavy atom. The summed E-state index contributed by atoms with van der Waals surface area (Å²) in [6.45, 7) is 1.84. The lowest BCUT2D eigenvalue weighted by Crippen LogP contribution is -2.06. The SMILES string of the molecule is Cc1cc(OCCc2ccc(C(F)(F)F)cc2)c(Br)cc1[N+](=O)[O-]. The predicted molar refractivity (Wildman–Crippen MR) is 86.2 cm³/mol. The fourth-order valence-electron chi connectivity index (χ4n) is 2.09. The molecule has 0 radical (unpaired) electrons.